The summed E-state index contributed by atoms with van der Waals surface area (Å²) in [5.41, 5.74) is 3.57. The highest BCUT2D eigenvalue weighted by Crippen LogP contribution is 2.36. The Morgan fingerprint density at radius 3 is 2.55 bits per heavy atom. The molecule has 1 N–H and O–H groups in total. The van der Waals surface area contributed by atoms with Gasteiger partial charge in [0.2, 0.25) is 5.91 Å². The molecule has 5 heteroatoms. The van der Waals surface area contributed by atoms with Crippen LogP contribution in [0.1, 0.15) is 48.8 Å². The smallest absolute Gasteiger partial charge is 0.275 e. The van der Waals surface area contributed by atoms with Crippen molar-refractivity contribution in [2.45, 2.75) is 53.1 Å². The van der Waals surface area contributed by atoms with Gasteiger partial charge in [0.15, 0.2) is 0 Å². The van der Waals surface area contributed by atoms with Gasteiger partial charge in [0.25, 0.3) is 5.91 Å². The van der Waals surface area contributed by atoms with E-state index in [-0.39, 0.29) is 11.8 Å². The Kier molecular flexibility index (Phi) is 5.38. The van der Waals surface area contributed by atoms with Crippen molar-refractivity contribution in [3.63, 3.8) is 0 Å². The van der Waals surface area contributed by atoms with Crippen molar-refractivity contribution in [1.29, 1.82) is 0 Å². The van der Waals surface area contributed by atoms with Gasteiger partial charge in [0, 0.05) is 23.1 Å². The Morgan fingerprint density at radius 2 is 1.84 bits per heavy atom. The molecule has 2 amide bonds. The van der Waals surface area contributed by atoms with Gasteiger partial charge in [-0.1, -0.05) is 38.1 Å². The number of nitrogens with zero attached hydrogens (tertiary/aromatic N) is 2. The summed E-state index contributed by atoms with van der Waals surface area (Å²) in [6.07, 6.45) is 0.900. The molecule has 3 aromatic rings. The molecule has 31 heavy (non-hydrogen) atoms. The van der Waals surface area contributed by atoms with Gasteiger partial charge in [-0.05, 0) is 68.5 Å². The molecule has 0 saturated carbocycles. The van der Waals surface area contributed by atoms with Gasteiger partial charge in [0.05, 0.1) is 6.54 Å². The van der Waals surface area contributed by atoms with Crippen LogP contribution in [0.2, 0.25) is 0 Å². The molecule has 0 aliphatic carbocycles. The van der Waals surface area contributed by atoms with Gasteiger partial charge >= 0.3 is 0 Å². The molecule has 2 aromatic carbocycles. The van der Waals surface area contributed by atoms with Crippen LogP contribution in [0.3, 0.4) is 0 Å². The van der Waals surface area contributed by atoms with Gasteiger partial charge in [0.1, 0.15) is 11.2 Å². The van der Waals surface area contributed by atoms with Gasteiger partial charge in [-0.25, -0.2) is 0 Å². The zero-order valence-electron chi connectivity index (χ0n) is 19.0. The SMILES string of the molecule is Cc1ccc(N2C(=O)c3cc4ccccc4n3C[C@]2(C)C(=O)NCCC(C)C)cc1C. The number of para-hydroxylation sites is 1. The maximum atomic E-state index is 13.8. The summed E-state index contributed by atoms with van der Waals surface area (Å²) < 4.78 is 2.00. The molecule has 0 spiro atoms. The number of nitrogens with one attached hydrogen (secondary N) is 1. The minimum Gasteiger partial charge on any atom is -0.354 e. The summed E-state index contributed by atoms with van der Waals surface area (Å²) >= 11 is 0. The van der Waals surface area contributed by atoms with Crippen molar-refractivity contribution in [1.82, 2.24) is 9.88 Å². The highest BCUT2D eigenvalue weighted by atomic mass is 16.2. The van der Waals surface area contributed by atoms with Crippen LogP contribution in [0, 0.1) is 19.8 Å². The van der Waals surface area contributed by atoms with Crippen LogP contribution < -0.4 is 10.2 Å². The van der Waals surface area contributed by atoms with E-state index in [4.69, 9.17) is 0 Å². The van der Waals surface area contributed by atoms with Gasteiger partial charge in [-0.2, -0.15) is 0 Å². The number of fused-ring (bicyclic) bond motifs is 3. The van der Waals surface area contributed by atoms with Crippen molar-refractivity contribution in [2.75, 3.05) is 11.4 Å². The fourth-order valence-electron chi connectivity index (χ4n) is 4.38. The Morgan fingerprint density at radius 1 is 1.10 bits per heavy atom. The summed E-state index contributed by atoms with van der Waals surface area (Å²) in [4.78, 5) is 29.0. The second-order valence-electron chi connectivity index (χ2n) is 9.30. The molecule has 1 aliphatic heterocycles. The molecule has 0 bridgehead atoms. The number of hydrogen-bond donors (Lipinski definition) is 1. The first-order valence-corrected chi connectivity index (χ1v) is 11.0. The number of hydrogen-bond acceptors (Lipinski definition) is 2. The van der Waals surface area contributed by atoms with Crippen LogP contribution in [0.5, 0.6) is 0 Å². The summed E-state index contributed by atoms with van der Waals surface area (Å²) in [5.74, 6) is 0.229. The van der Waals surface area contributed by atoms with Gasteiger partial charge < -0.3 is 9.88 Å². The lowest BCUT2D eigenvalue weighted by Gasteiger charge is -2.44. The zero-order valence-corrected chi connectivity index (χ0v) is 19.0. The summed E-state index contributed by atoms with van der Waals surface area (Å²) in [6.45, 7) is 11.2. The third kappa shape index (κ3) is 3.62. The molecule has 2 heterocycles. The van der Waals surface area contributed by atoms with Crippen LogP contribution in [0.15, 0.2) is 48.5 Å². The fourth-order valence-corrected chi connectivity index (χ4v) is 4.38. The first-order valence-electron chi connectivity index (χ1n) is 11.0. The van der Waals surface area contributed by atoms with E-state index in [0.717, 1.165) is 34.1 Å². The lowest BCUT2D eigenvalue weighted by Crippen LogP contribution is -2.64. The largest absolute Gasteiger partial charge is 0.354 e. The van der Waals surface area contributed by atoms with Crippen molar-refractivity contribution < 1.29 is 9.59 Å². The number of benzene rings is 2. The van der Waals surface area contributed by atoms with E-state index in [0.29, 0.717) is 24.7 Å². The summed E-state index contributed by atoms with van der Waals surface area (Å²) in [6, 6.07) is 15.8. The van der Waals surface area contributed by atoms with Crippen molar-refractivity contribution in [3.8, 4) is 0 Å². The second kappa shape index (κ2) is 7.88. The Hall–Kier alpha value is -3.08. The highest BCUT2D eigenvalue weighted by Gasteiger charge is 2.48. The monoisotopic (exact) mass is 417 g/mol. The van der Waals surface area contributed by atoms with Crippen LogP contribution >= 0.6 is 0 Å². The van der Waals surface area contributed by atoms with Crippen LogP contribution in [-0.4, -0.2) is 28.5 Å². The molecule has 1 aromatic heterocycles. The quantitative estimate of drug-likeness (QED) is 0.646. The first-order chi connectivity index (χ1) is 14.7. The van der Waals surface area contributed by atoms with E-state index >= 15 is 0 Å². The molecule has 0 fully saturated rings. The topological polar surface area (TPSA) is 54.3 Å². The minimum absolute atomic E-state index is 0.122. The maximum absolute atomic E-state index is 13.8. The first kappa shape index (κ1) is 21.2. The molecule has 0 saturated heterocycles. The lowest BCUT2D eigenvalue weighted by molar-refractivity contribution is -0.126. The molecule has 162 valence electrons. The lowest BCUT2D eigenvalue weighted by atomic mass is 9.93. The van der Waals surface area contributed by atoms with E-state index < -0.39 is 5.54 Å². The molecule has 5 nitrogen and oxygen atoms in total. The normalized spacial score (nSPS) is 18.5. The molecule has 0 unspecified atom stereocenters. The number of amides is 2. The molecule has 0 radical (unpaired) electrons. The number of aromatic nitrogens is 1. The fraction of sp³-hybridized carbons (Fsp3) is 0.385. The van der Waals surface area contributed by atoms with E-state index in [1.807, 2.05) is 73.9 Å². The van der Waals surface area contributed by atoms with Gasteiger partial charge in [-0.15, -0.1) is 0 Å². The number of anilines is 1. The highest BCUT2D eigenvalue weighted by molar-refractivity contribution is 6.14. The van der Waals surface area contributed by atoms with E-state index in [9.17, 15) is 9.59 Å². The van der Waals surface area contributed by atoms with Crippen molar-refractivity contribution in [3.05, 3.63) is 65.4 Å². The molecular formula is C26H31N3O2. The van der Waals surface area contributed by atoms with E-state index in [1.54, 1.807) is 4.90 Å². The zero-order chi connectivity index (χ0) is 22.3. The molecule has 1 atom stereocenters. The third-order valence-corrected chi connectivity index (χ3v) is 6.44. The van der Waals surface area contributed by atoms with Crippen LogP contribution in [-0.2, 0) is 11.3 Å². The van der Waals surface area contributed by atoms with Crippen LogP contribution in [0.4, 0.5) is 5.69 Å². The minimum atomic E-state index is -1.04. The standard InChI is InChI=1S/C26H31N3O2/c1-17(2)12-13-27-25(31)26(5)16-28-22-9-7-6-8-20(22)15-23(28)24(30)29(26)21-11-10-18(3)19(4)14-21/h6-11,14-15,17H,12-13,16H2,1-5H3,(H,27,31)/t26-/m1/s1. The van der Waals surface area contributed by atoms with Crippen LogP contribution in [0.25, 0.3) is 10.9 Å². The number of aryl methyl sites for hydroxylation is 2. The third-order valence-electron chi connectivity index (χ3n) is 6.44. The van der Waals surface area contributed by atoms with Gasteiger partial charge in [-0.3, -0.25) is 14.5 Å². The van der Waals surface area contributed by atoms with Crippen molar-refractivity contribution >= 4 is 28.4 Å². The maximum Gasteiger partial charge on any atom is 0.275 e. The predicted molar refractivity (Wildman–Crippen MR) is 126 cm³/mol. The van der Waals surface area contributed by atoms with E-state index in [2.05, 4.69) is 19.2 Å². The second-order valence-corrected chi connectivity index (χ2v) is 9.30. The average Bonchev–Trinajstić information content (AvgIpc) is 3.09. The number of carbonyl (C=O) groups is 2. The van der Waals surface area contributed by atoms with E-state index in [1.165, 1.54) is 0 Å². The number of rotatable bonds is 5. The molecule has 1 aliphatic rings. The Labute approximate surface area is 184 Å². The van der Waals surface area contributed by atoms with Crippen molar-refractivity contribution in [2.24, 2.45) is 5.92 Å². The predicted octanol–water partition coefficient (Wildman–Crippen LogP) is 4.84. The summed E-state index contributed by atoms with van der Waals surface area (Å²) in [7, 11) is 0. The Balaban J connectivity index is 1.83. The average molecular weight is 418 g/mol. The Bertz CT molecular complexity index is 1160. The molecule has 4 rings (SSSR count). The number of carbonyl (C=O) groups excluding carboxylic acids is 2. The summed E-state index contributed by atoms with van der Waals surface area (Å²) in [5, 5.41) is 4.11. The molecular weight excluding hydrogens is 386 g/mol.